The van der Waals surface area contributed by atoms with Crippen molar-refractivity contribution < 1.29 is 4.74 Å². The summed E-state index contributed by atoms with van der Waals surface area (Å²) < 4.78 is 6.51. The third kappa shape index (κ3) is 2.86. The molecule has 19 heavy (non-hydrogen) atoms. The average Bonchev–Trinajstić information content (AvgIpc) is 2.79. The summed E-state index contributed by atoms with van der Waals surface area (Å²) in [4.78, 5) is 6.59. The Hall–Kier alpha value is -1.24. The highest BCUT2D eigenvalue weighted by atomic mass is 32.1. The van der Waals surface area contributed by atoms with Crippen LogP contribution < -0.4 is 5.32 Å². The number of ether oxygens (including phenoxy) is 1. The van der Waals surface area contributed by atoms with Crippen LogP contribution in [-0.4, -0.2) is 41.3 Å². The molecule has 6 heteroatoms. The van der Waals surface area contributed by atoms with E-state index in [0.717, 1.165) is 47.6 Å². The first-order valence-corrected chi connectivity index (χ1v) is 7.46. The quantitative estimate of drug-likeness (QED) is 0.818. The second-order valence-electron chi connectivity index (χ2n) is 4.44. The third-order valence-corrected chi connectivity index (χ3v) is 4.34. The Morgan fingerprint density at radius 3 is 3.00 bits per heavy atom. The van der Waals surface area contributed by atoms with Gasteiger partial charge in [0.25, 0.3) is 0 Å². The minimum Gasteiger partial charge on any atom is -0.378 e. The van der Waals surface area contributed by atoms with Crippen molar-refractivity contribution in [3.8, 4) is 0 Å². The van der Waals surface area contributed by atoms with Crippen molar-refractivity contribution in [2.45, 2.75) is 6.92 Å². The highest BCUT2D eigenvalue weighted by Crippen LogP contribution is 2.24. The molecular formula is C13H15N3OS2. The van der Waals surface area contributed by atoms with Crippen LogP contribution >= 0.6 is 23.6 Å². The molecule has 0 unspecified atom stereocenters. The van der Waals surface area contributed by atoms with Gasteiger partial charge >= 0.3 is 0 Å². The average molecular weight is 293 g/mol. The molecule has 0 amide bonds. The lowest BCUT2D eigenvalue weighted by atomic mass is 10.3. The molecule has 1 saturated heterocycles. The van der Waals surface area contributed by atoms with Crippen LogP contribution in [0.4, 0.5) is 5.69 Å². The van der Waals surface area contributed by atoms with Crippen molar-refractivity contribution in [1.82, 2.24) is 9.88 Å². The van der Waals surface area contributed by atoms with Crippen molar-refractivity contribution >= 4 is 44.6 Å². The van der Waals surface area contributed by atoms with Crippen molar-refractivity contribution in [1.29, 1.82) is 0 Å². The summed E-state index contributed by atoms with van der Waals surface area (Å²) in [6, 6.07) is 6.16. The Bertz CT molecular complexity index is 605. The van der Waals surface area contributed by atoms with E-state index in [2.05, 4.69) is 21.3 Å². The summed E-state index contributed by atoms with van der Waals surface area (Å²) in [6.07, 6.45) is 0. The first kappa shape index (κ1) is 12.8. The zero-order valence-corrected chi connectivity index (χ0v) is 12.3. The van der Waals surface area contributed by atoms with Gasteiger partial charge in [0.2, 0.25) is 0 Å². The number of hydrogen-bond donors (Lipinski definition) is 1. The summed E-state index contributed by atoms with van der Waals surface area (Å²) in [7, 11) is 0. The molecule has 2 heterocycles. The number of anilines is 1. The SMILES string of the molecule is Cc1nc2ccc(NC(=S)N3CCOCC3)cc2s1. The lowest BCUT2D eigenvalue weighted by Crippen LogP contribution is -2.42. The van der Waals surface area contributed by atoms with E-state index >= 15 is 0 Å². The largest absolute Gasteiger partial charge is 0.378 e. The molecule has 0 atom stereocenters. The molecule has 0 saturated carbocycles. The third-order valence-electron chi connectivity index (χ3n) is 3.04. The number of hydrogen-bond acceptors (Lipinski definition) is 4. The Morgan fingerprint density at radius 2 is 2.21 bits per heavy atom. The summed E-state index contributed by atoms with van der Waals surface area (Å²) in [5, 5.41) is 5.15. The molecule has 100 valence electrons. The van der Waals surface area contributed by atoms with Gasteiger partial charge in [0.15, 0.2) is 5.11 Å². The van der Waals surface area contributed by atoms with E-state index < -0.39 is 0 Å². The van der Waals surface area contributed by atoms with Gasteiger partial charge in [0.1, 0.15) is 0 Å². The second-order valence-corrected chi connectivity index (χ2v) is 6.07. The summed E-state index contributed by atoms with van der Waals surface area (Å²) in [5.74, 6) is 0. The lowest BCUT2D eigenvalue weighted by Gasteiger charge is -2.29. The van der Waals surface area contributed by atoms with Crippen molar-refractivity contribution in [3.63, 3.8) is 0 Å². The smallest absolute Gasteiger partial charge is 0.173 e. The number of benzene rings is 1. The van der Waals surface area contributed by atoms with Gasteiger partial charge in [-0.1, -0.05) is 0 Å². The van der Waals surface area contributed by atoms with E-state index in [9.17, 15) is 0 Å². The van der Waals surface area contributed by atoms with E-state index in [1.165, 1.54) is 4.70 Å². The van der Waals surface area contributed by atoms with Gasteiger partial charge in [-0.25, -0.2) is 4.98 Å². The molecule has 1 aliphatic heterocycles. The molecule has 0 bridgehead atoms. The fourth-order valence-electron chi connectivity index (χ4n) is 2.09. The minimum absolute atomic E-state index is 0.745. The van der Waals surface area contributed by atoms with Crippen LogP contribution in [0, 0.1) is 6.92 Å². The molecule has 2 aromatic rings. The number of nitrogens with one attached hydrogen (secondary N) is 1. The maximum Gasteiger partial charge on any atom is 0.173 e. The molecular weight excluding hydrogens is 278 g/mol. The first-order valence-electron chi connectivity index (χ1n) is 6.23. The molecule has 4 nitrogen and oxygen atoms in total. The van der Waals surface area contributed by atoms with Crippen LogP contribution in [0.2, 0.25) is 0 Å². The number of thiocarbonyl (C=S) groups is 1. The van der Waals surface area contributed by atoms with Crippen LogP contribution in [-0.2, 0) is 4.74 Å². The molecule has 1 aromatic carbocycles. The van der Waals surface area contributed by atoms with Gasteiger partial charge in [0.05, 0.1) is 28.4 Å². The van der Waals surface area contributed by atoms with Crippen molar-refractivity contribution in [3.05, 3.63) is 23.2 Å². The molecule has 1 aromatic heterocycles. The highest BCUT2D eigenvalue weighted by Gasteiger charge is 2.13. The summed E-state index contributed by atoms with van der Waals surface area (Å²) in [6.45, 7) is 5.22. The van der Waals surface area contributed by atoms with E-state index in [4.69, 9.17) is 17.0 Å². The number of aromatic nitrogens is 1. The Morgan fingerprint density at radius 1 is 1.42 bits per heavy atom. The Kier molecular flexibility index (Phi) is 3.63. The van der Waals surface area contributed by atoms with Gasteiger partial charge in [0, 0.05) is 18.8 Å². The topological polar surface area (TPSA) is 37.4 Å². The molecule has 0 spiro atoms. The van der Waals surface area contributed by atoms with Crippen molar-refractivity contribution in [2.75, 3.05) is 31.6 Å². The van der Waals surface area contributed by atoms with E-state index in [0.29, 0.717) is 0 Å². The zero-order valence-electron chi connectivity index (χ0n) is 10.7. The number of rotatable bonds is 1. The number of aryl methyl sites for hydroxylation is 1. The summed E-state index contributed by atoms with van der Waals surface area (Å²) in [5.41, 5.74) is 2.07. The predicted octanol–water partition coefficient (Wildman–Crippen LogP) is 2.63. The lowest BCUT2D eigenvalue weighted by molar-refractivity contribution is 0.0690. The van der Waals surface area contributed by atoms with Crippen molar-refractivity contribution in [2.24, 2.45) is 0 Å². The van der Waals surface area contributed by atoms with Crippen LogP contribution in [0.3, 0.4) is 0 Å². The van der Waals surface area contributed by atoms with Gasteiger partial charge in [-0.3, -0.25) is 0 Å². The normalized spacial score (nSPS) is 15.7. The second kappa shape index (κ2) is 5.40. The zero-order chi connectivity index (χ0) is 13.2. The molecule has 1 fully saturated rings. The number of nitrogens with zero attached hydrogens (tertiary/aromatic N) is 2. The van der Waals surface area contributed by atoms with Crippen LogP contribution in [0.25, 0.3) is 10.2 Å². The standard InChI is InChI=1S/C13H15N3OS2/c1-9-14-11-3-2-10(8-12(11)19-9)15-13(18)16-4-6-17-7-5-16/h2-3,8H,4-7H2,1H3,(H,15,18). The molecule has 0 aliphatic carbocycles. The molecule has 3 rings (SSSR count). The summed E-state index contributed by atoms with van der Waals surface area (Å²) >= 11 is 7.13. The van der Waals surface area contributed by atoms with Gasteiger partial charge in [-0.15, -0.1) is 11.3 Å². The maximum atomic E-state index is 5.43. The number of thiazole rings is 1. The van der Waals surface area contributed by atoms with Gasteiger partial charge in [-0.2, -0.15) is 0 Å². The van der Waals surface area contributed by atoms with Crippen LogP contribution in [0.5, 0.6) is 0 Å². The van der Waals surface area contributed by atoms with Crippen LogP contribution in [0.1, 0.15) is 5.01 Å². The monoisotopic (exact) mass is 293 g/mol. The predicted molar refractivity (Wildman–Crippen MR) is 83.0 cm³/mol. The fraction of sp³-hybridized carbons (Fsp3) is 0.385. The molecule has 1 N–H and O–H groups in total. The molecule has 0 radical (unpaired) electrons. The Labute approximate surface area is 121 Å². The maximum absolute atomic E-state index is 5.43. The fourth-order valence-corrected chi connectivity index (χ4v) is 3.25. The van der Waals surface area contributed by atoms with E-state index in [-0.39, 0.29) is 0 Å². The van der Waals surface area contributed by atoms with E-state index in [1.54, 1.807) is 11.3 Å². The van der Waals surface area contributed by atoms with Crippen LogP contribution in [0.15, 0.2) is 18.2 Å². The molecule has 1 aliphatic rings. The minimum atomic E-state index is 0.745. The number of fused-ring (bicyclic) bond motifs is 1. The van der Waals surface area contributed by atoms with Gasteiger partial charge in [-0.05, 0) is 37.3 Å². The Balaban J connectivity index is 1.74. The highest BCUT2D eigenvalue weighted by molar-refractivity contribution is 7.80. The first-order chi connectivity index (χ1) is 9.22. The van der Waals surface area contributed by atoms with Gasteiger partial charge < -0.3 is 15.0 Å². The van der Waals surface area contributed by atoms with E-state index in [1.807, 2.05) is 19.1 Å². The number of morpholine rings is 1.